The molecule has 1 heterocycles. The van der Waals surface area contributed by atoms with Crippen molar-refractivity contribution in [3.05, 3.63) is 89.3 Å². The first-order chi connectivity index (χ1) is 14.8. The minimum atomic E-state index is -3.29. The molecule has 3 aromatic carbocycles. The highest BCUT2D eigenvalue weighted by molar-refractivity contribution is 7.90. The van der Waals surface area contributed by atoms with Crippen molar-refractivity contribution in [3.63, 3.8) is 0 Å². The highest BCUT2D eigenvalue weighted by atomic mass is 35.5. The number of benzene rings is 3. The molecule has 0 unspecified atom stereocenters. The van der Waals surface area contributed by atoms with Crippen molar-refractivity contribution in [2.45, 2.75) is 11.3 Å². The molecule has 7 heteroatoms. The highest BCUT2D eigenvalue weighted by Crippen LogP contribution is 2.37. The van der Waals surface area contributed by atoms with E-state index >= 15 is 0 Å². The predicted octanol–water partition coefficient (Wildman–Crippen LogP) is 5.66. The Morgan fingerprint density at radius 2 is 1.65 bits per heavy atom. The Morgan fingerprint density at radius 3 is 2.29 bits per heavy atom. The van der Waals surface area contributed by atoms with Gasteiger partial charge >= 0.3 is 0 Å². The van der Waals surface area contributed by atoms with E-state index in [4.69, 9.17) is 25.7 Å². The first kappa shape index (κ1) is 21.2. The van der Waals surface area contributed by atoms with E-state index in [-0.39, 0.29) is 4.90 Å². The highest BCUT2D eigenvalue weighted by Gasteiger charge is 2.19. The van der Waals surface area contributed by atoms with Crippen molar-refractivity contribution in [1.82, 2.24) is 4.98 Å². The normalized spacial score (nSPS) is 11.5. The summed E-state index contributed by atoms with van der Waals surface area (Å²) in [4.78, 5) is 4.98. The van der Waals surface area contributed by atoms with Gasteiger partial charge in [-0.2, -0.15) is 0 Å². The number of rotatable bonds is 6. The van der Waals surface area contributed by atoms with Crippen LogP contribution in [0.15, 0.2) is 82.1 Å². The Morgan fingerprint density at radius 1 is 0.968 bits per heavy atom. The van der Waals surface area contributed by atoms with Crippen LogP contribution in [-0.4, -0.2) is 26.8 Å². The second kappa shape index (κ2) is 8.57. The number of methoxy groups -OCH3 is 1. The second-order valence-corrected chi connectivity index (χ2v) is 9.52. The van der Waals surface area contributed by atoms with Crippen LogP contribution >= 0.6 is 11.6 Å². The predicted molar refractivity (Wildman–Crippen MR) is 121 cm³/mol. The maximum Gasteiger partial charge on any atom is 0.199 e. The lowest BCUT2D eigenvalue weighted by Gasteiger charge is -2.06. The fourth-order valence-corrected chi connectivity index (χ4v) is 4.09. The number of ether oxygens (including phenoxy) is 1. The third-order valence-corrected chi connectivity index (χ3v) is 6.28. The quantitative estimate of drug-likeness (QED) is 0.376. The number of sulfone groups is 1. The summed E-state index contributed by atoms with van der Waals surface area (Å²) in [5.41, 5.74) is 3.20. The van der Waals surface area contributed by atoms with Crippen molar-refractivity contribution < 1.29 is 17.6 Å². The Labute approximate surface area is 186 Å². The van der Waals surface area contributed by atoms with E-state index in [1.807, 2.05) is 36.4 Å². The molecule has 0 radical (unpaired) electrons. The topological polar surface area (TPSA) is 69.4 Å². The molecule has 5 nitrogen and oxygen atoms in total. The third kappa shape index (κ3) is 4.65. The van der Waals surface area contributed by atoms with E-state index in [9.17, 15) is 8.42 Å². The van der Waals surface area contributed by atoms with Gasteiger partial charge in [0.2, 0.25) is 0 Å². The number of oxazole rings is 1. The molecule has 0 fully saturated rings. The summed E-state index contributed by atoms with van der Waals surface area (Å²) in [6.07, 6.45) is 1.71. The molecule has 0 spiro atoms. The van der Waals surface area contributed by atoms with Crippen LogP contribution in [-0.2, 0) is 16.3 Å². The zero-order valence-electron chi connectivity index (χ0n) is 17.0. The molecule has 0 saturated heterocycles. The van der Waals surface area contributed by atoms with Crippen molar-refractivity contribution in [2.75, 3.05) is 13.4 Å². The van der Waals surface area contributed by atoms with Crippen LogP contribution in [0.1, 0.15) is 11.5 Å². The summed E-state index contributed by atoms with van der Waals surface area (Å²) >= 11 is 6.19. The van der Waals surface area contributed by atoms with E-state index in [0.717, 1.165) is 16.7 Å². The zero-order chi connectivity index (χ0) is 22.0. The molecule has 0 bridgehead atoms. The largest absolute Gasteiger partial charge is 0.495 e. The summed E-state index contributed by atoms with van der Waals surface area (Å²) in [5.74, 6) is 1.64. The first-order valence-corrected chi connectivity index (χ1v) is 11.8. The molecule has 0 saturated carbocycles. The Bertz CT molecular complexity index is 1310. The molecule has 0 aliphatic rings. The molecule has 31 heavy (non-hydrogen) atoms. The maximum absolute atomic E-state index is 11.8. The van der Waals surface area contributed by atoms with E-state index < -0.39 is 9.84 Å². The number of hydrogen-bond acceptors (Lipinski definition) is 5. The lowest BCUT2D eigenvalue weighted by atomic mass is 10.1. The molecule has 0 atom stereocenters. The molecule has 0 aliphatic carbocycles. The minimum Gasteiger partial charge on any atom is -0.495 e. The molecule has 0 N–H and O–H groups in total. The molecule has 0 aliphatic heterocycles. The van der Waals surface area contributed by atoms with Crippen molar-refractivity contribution in [3.8, 4) is 28.3 Å². The van der Waals surface area contributed by atoms with Gasteiger partial charge in [0.05, 0.1) is 17.0 Å². The summed E-state index contributed by atoms with van der Waals surface area (Å²) in [6, 6.07) is 21.9. The molecular formula is C24H20ClNO4S. The molecule has 4 rings (SSSR count). The number of aromatic nitrogens is 1. The lowest BCUT2D eigenvalue weighted by molar-refractivity contribution is 0.415. The van der Waals surface area contributed by atoms with Gasteiger partial charge in [-0.1, -0.05) is 54.1 Å². The molecule has 1 aromatic heterocycles. The molecule has 158 valence electrons. The van der Waals surface area contributed by atoms with Gasteiger partial charge in [0, 0.05) is 23.8 Å². The Balaban J connectivity index is 1.82. The summed E-state index contributed by atoms with van der Waals surface area (Å²) in [5, 5.41) is 0.495. The Hall–Kier alpha value is -3.09. The van der Waals surface area contributed by atoms with Gasteiger partial charge in [-0.3, -0.25) is 0 Å². The number of hydrogen-bond donors (Lipinski definition) is 0. The zero-order valence-corrected chi connectivity index (χ0v) is 18.6. The molecule has 4 aromatic rings. The minimum absolute atomic E-state index is 0.249. The van der Waals surface area contributed by atoms with E-state index in [0.29, 0.717) is 34.5 Å². The summed E-state index contributed by atoms with van der Waals surface area (Å²) in [7, 11) is -1.74. The standard InChI is InChI=1S/C24H20ClNO4S/c1-29-21-15-18(10-13-20(21)25)24-23(17-8-11-19(12-9-17)31(2,27)28)26-22(30-24)14-16-6-4-3-5-7-16/h3-13,15H,14H2,1-2H3. The van der Waals surface area contributed by atoms with Gasteiger partial charge in [0.1, 0.15) is 11.4 Å². The van der Waals surface area contributed by atoms with Crippen LogP contribution in [0, 0.1) is 0 Å². The first-order valence-electron chi connectivity index (χ1n) is 9.53. The van der Waals surface area contributed by atoms with E-state index in [2.05, 4.69) is 0 Å². The van der Waals surface area contributed by atoms with Crippen LogP contribution in [0.4, 0.5) is 0 Å². The number of halogens is 1. The average molecular weight is 454 g/mol. The van der Waals surface area contributed by atoms with E-state index in [1.54, 1.807) is 43.5 Å². The van der Waals surface area contributed by atoms with Crippen LogP contribution < -0.4 is 4.74 Å². The van der Waals surface area contributed by atoms with Gasteiger partial charge in [0.15, 0.2) is 21.5 Å². The van der Waals surface area contributed by atoms with Crippen molar-refractivity contribution in [2.24, 2.45) is 0 Å². The average Bonchev–Trinajstić information content (AvgIpc) is 3.18. The number of nitrogens with zero attached hydrogens (tertiary/aromatic N) is 1. The summed E-state index contributed by atoms with van der Waals surface area (Å²) in [6.45, 7) is 0. The fourth-order valence-electron chi connectivity index (χ4n) is 3.26. The Kier molecular flexibility index (Phi) is 5.85. The van der Waals surface area contributed by atoms with Crippen LogP contribution in [0.3, 0.4) is 0 Å². The van der Waals surface area contributed by atoms with Crippen LogP contribution in [0.25, 0.3) is 22.6 Å². The van der Waals surface area contributed by atoms with Crippen LogP contribution in [0.5, 0.6) is 5.75 Å². The van der Waals surface area contributed by atoms with Crippen LogP contribution in [0.2, 0.25) is 5.02 Å². The smallest absolute Gasteiger partial charge is 0.199 e. The van der Waals surface area contributed by atoms with Gasteiger partial charge in [-0.25, -0.2) is 13.4 Å². The lowest BCUT2D eigenvalue weighted by Crippen LogP contribution is -1.96. The van der Waals surface area contributed by atoms with Gasteiger partial charge < -0.3 is 9.15 Å². The van der Waals surface area contributed by atoms with Crippen molar-refractivity contribution in [1.29, 1.82) is 0 Å². The fraction of sp³-hybridized carbons (Fsp3) is 0.125. The maximum atomic E-state index is 11.8. The van der Waals surface area contributed by atoms with Crippen molar-refractivity contribution >= 4 is 21.4 Å². The SMILES string of the molecule is COc1cc(-c2oc(Cc3ccccc3)nc2-c2ccc(S(C)(=O)=O)cc2)ccc1Cl. The monoisotopic (exact) mass is 453 g/mol. The molecule has 0 amide bonds. The van der Waals surface area contributed by atoms with Gasteiger partial charge in [0.25, 0.3) is 0 Å². The van der Waals surface area contributed by atoms with Gasteiger partial charge in [-0.05, 0) is 35.9 Å². The van der Waals surface area contributed by atoms with E-state index in [1.165, 1.54) is 6.26 Å². The van der Waals surface area contributed by atoms with Gasteiger partial charge in [-0.15, -0.1) is 0 Å². The second-order valence-electron chi connectivity index (χ2n) is 7.09. The summed E-state index contributed by atoms with van der Waals surface area (Å²) < 4.78 is 35.2. The third-order valence-electron chi connectivity index (χ3n) is 4.84. The molecular weight excluding hydrogens is 434 g/mol.